The lowest BCUT2D eigenvalue weighted by atomic mass is 10.00. The molecule has 0 aliphatic carbocycles. The first-order valence-corrected chi connectivity index (χ1v) is 17.9. The molecule has 0 rings (SSSR count). The maximum Gasteiger partial charge on any atom is 0.397 e. The van der Waals surface area contributed by atoms with Crippen molar-refractivity contribution in [2.75, 3.05) is 6.61 Å². The number of unbranched alkanes of at least 4 members (excludes halogenated alkanes) is 8. The molecule has 2 N–H and O–H groups in total. The maximum atomic E-state index is 11.4. The van der Waals surface area contributed by atoms with Crippen molar-refractivity contribution in [3.05, 3.63) is 0 Å². The van der Waals surface area contributed by atoms with Crippen molar-refractivity contribution in [3.63, 3.8) is 0 Å². The van der Waals surface area contributed by atoms with Crippen molar-refractivity contribution in [1.82, 2.24) is 0 Å². The highest BCUT2D eigenvalue weighted by molar-refractivity contribution is 7.81. The minimum atomic E-state index is -4.80. The summed E-state index contributed by atoms with van der Waals surface area (Å²) in [5.41, 5.74) is 0. The quantitative estimate of drug-likeness (QED) is 0.0586. The summed E-state index contributed by atoms with van der Waals surface area (Å²) in [6, 6.07) is 0. The zero-order valence-electron chi connectivity index (χ0n) is 21.4. The molecule has 0 fully saturated rings. The van der Waals surface area contributed by atoms with Gasteiger partial charge in [-0.05, 0) is 25.7 Å². The summed E-state index contributed by atoms with van der Waals surface area (Å²) in [6.07, 6.45) is 9.45. The number of halogens is 6. The van der Waals surface area contributed by atoms with E-state index in [9.17, 15) is 21.4 Å². The van der Waals surface area contributed by atoms with E-state index in [1.807, 2.05) is 0 Å². The van der Waals surface area contributed by atoms with Gasteiger partial charge in [-0.3, -0.25) is 9.11 Å². The van der Waals surface area contributed by atoms with Crippen LogP contribution in [0.15, 0.2) is 0 Å². The van der Waals surface area contributed by atoms with E-state index < -0.39 is 54.0 Å². The van der Waals surface area contributed by atoms with Crippen LogP contribution in [-0.2, 0) is 29.2 Å². The molecule has 0 heterocycles. The Bertz CT molecular complexity index is 832. The fraction of sp³-hybridized carbons (Fsp3) is 1.00. The number of hydrogen-bond acceptors (Lipinski definition) is 6. The van der Waals surface area contributed by atoms with E-state index in [1.165, 1.54) is 0 Å². The van der Waals surface area contributed by atoms with Gasteiger partial charge in [-0.2, -0.15) is 16.8 Å². The standard InChI is InChI=1S/C22H40Cl6O8S2/c1-2-3-4-10-13-18(24)20(26)21(36-38(32,33)34)19(25)15-17(23)12-9-7-5-6-8-11-14-22(27,28)16-35-37(29,30)31/h17-21H,2-16H2,1H3,(H,29,30,31)(H,32,33,34). The van der Waals surface area contributed by atoms with Crippen LogP contribution in [0.25, 0.3) is 0 Å². The summed E-state index contributed by atoms with van der Waals surface area (Å²) < 4.78 is 69.4. The fourth-order valence-corrected chi connectivity index (χ4v) is 6.87. The van der Waals surface area contributed by atoms with E-state index in [4.69, 9.17) is 78.3 Å². The van der Waals surface area contributed by atoms with Crippen molar-refractivity contribution in [2.24, 2.45) is 0 Å². The first-order chi connectivity index (χ1) is 17.5. The van der Waals surface area contributed by atoms with E-state index in [2.05, 4.69) is 11.1 Å². The Hall–Kier alpha value is 1.48. The minimum Gasteiger partial charge on any atom is -0.264 e. The smallest absolute Gasteiger partial charge is 0.264 e. The summed E-state index contributed by atoms with van der Waals surface area (Å²) in [5.74, 6) is 0. The molecule has 0 radical (unpaired) electrons. The largest absolute Gasteiger partial charge is 0.397 e. The molecule has 0 spiro atoms. The molecule has 38 heavy (non-hydrogen) atoms. The van der Waals surface area contributed by atoms with Crippen LogP contribution in [0.3, 0.4) is 0 Å². The lowest BCUT2D eigenvalue weighted by molar-refractivity contribution is 0.165. The Morgan fingerprint density at radius 1 is 0.737 bits per heavy atom. The predicted molar refractivity (Wildman–Crippen MR) is 157 cm³/mol. The first-order valence-electron chi connectivity index (χ1n) is 12.7. The van der Waals surface area contributed by atoms with Gasteiger partial charge in [0, 0.05) is 5.38 Å². The molecule has 0 amide bonds. The van der Waals surface area contributed by atoms with Gasteiger partial charge < -0.3 is 0 Å². The molecule has 0 aromatic carbocycles. The van der Waals surface area contributed by atoms with Gasteiger partial charge >= 0.3 is 20.8 Å². The van der Waals surface area contributed by atoms with Gasteiger partial charge in [0.05, 0.1) is 16.1 Å². The highest BCUT2D eigenvalue weighted by Crippen LogP contribution is 2.31. The summed E-state index contributed by atoms with van der Waals surface area (Å²) in [4.78, 5) is 0. The first kappa shape index (κ1) is 39.5. The van der Waals surface area contributed by atoms with Gasteiger partial charge in [0.2, 0.25) is 0 Å². The van der Waals surface area contributed by atoms with Gasteiger partial charge in [-0.1, -0.05) is 94.3 Å². The average molecular weight is 709 g/mol. The number of alkyl halides is 6. The van der Waals surface area contributed by atoms with Crippen molar-refractivity contribution >= 4 is 90.4 Å². The van der Waals surface area contributed by atoms with Crippen molar-refractivity contribution in [1.29, 1.82) is 0 Å². The fourth-order valence-electron chi connectivity index (χ4n) is 3.77. The molecule has 0 bridgehead atoms. The Labute approximate surface area is 258 Å². The zero-order valence-corrected chi connectivity index (χ0v) is 27.6. The number of rotatable bonds is 24. The average Bonchev–Trinajstić information content (AvgIpc) is 2.79. The zero-order chi connectivity index (χ0) is 29.4. The Kier molecular flexibility index (Phi) is 21.2. The van der Waals surface area contributed by atoms with E-state index in [-0.39, 0.29) is 11.8 Å². The molecule has 0 aliphatic rings. The Balaban J connectivity index is 4.39. The van der Waals surface area contributed by atoms with Gasteiger partial charge in [0.15, 0.2) is 0 Å². The maximum absolute atomic E-state index is 11.4. The monoisotopic (exact) mass is 706 g/mol. The molecule has 8 nitrogen and oxygen atoms in total. The molecule has 0 aliphatic heterocycles. The third kappa shape index (κ3) is 22.1. The van der Waals surface area contributed by atoms with E-state index in [0.29, 0.717) is 25.7 Å². The molecular weight excluding hydrogens is 669 g/mol. The predicted octanol–water partition coefficient (Wildman–Crippen LogP) is 8.08. The van der Waals surface area contributed by atoms with Crippen molar-refractivity contribution < 1.29 is 34.3 Å². The second-order valence-electron chi connectivity index (χ2n) is 9.35. The molecule has 0 saturated heterocycles. The van der Waals surface area contributed by atoms with Gasteiger partial charge in [-0.25, -0.2) is 8.37 Å². The van der Waals surface area contributed by atoms with Crippen LogP contribution in [0.5, 0.6) is 0 Å². The Morgan fingerprint density at radius 2 is 1.26 bits per heavy atom. The topological polar surface area (TPSA) is 127 Å². The second kappa shape index (κ2) is 20.4. The van der Waals surface area contributed by atoms with Gasteiger partial charge in [0.25, 0.3) is 0 Å². The summed E-state index contributed by atoms with van der Waals surface area (Å²) in [7, 11) is -9.38. The minimum absolute atomic E-state index is 0.213. The highest BCUT2D eigenvalue weighted by Gasteiger charge is 2.37. The third-order valence-electron chi connectivity index (χ3n) is 5.79. The summed E-state index contributed by atoms with van der Waals surface area (Å²) >= 11 is 37.7. The van der Waals surface area contributed by atoms with Crippen LogP contribution in [0.2, 0.25) is 0 Å². The van der Waals surface area contributed by atoms with E-state index in [0.717, 1.165) is 57.8 Å². The molecular formula is C22H40Cl6O8S2. The molecule has 0 saturated carbocycles. The molecule has 0 aromatic rings. The summed E-state index contributed by atoms with van der Waals surface area (Å²) in [5, 5.41) is -2.77. The number of hydrogen-bond donors (Lipinski definition) is 2. The van der Waals surface area contributed by atoms with Crippen LogP contribution >= 0.6 is 69.6 Å². The lowest BCUT2D eigenvalue weighted by Gasteiger charge is -2.29. The van der Waals surface area contributed by atoms with E-state index in [1.54, 1.807) is 0 Å². The second-order valence-corrected chi connectivity index (χ2v) is 15.4. The van der Waals surface area contributed by atoms with Gasteiger partial charge in [0.1, 0.15) is 17.0 Å². The molecule has 16 heteroatoms. The highest BCUT2D eigenvalue weighted by atomic mass is 35.5. The van der Waals surface area contributed by atoms with Crippen LogP contribution in [-0.4, -0.2) is 64.5 Å². The molecule has 5 atom stereocenters. The van der Waals surface area contributed by atoms with Crippen LogP contribution < -0.4 is 0 Å². The van der Waals surface area contributed by atoms with Crippen LogP contribution in [0.1, 0.15) is 96.8 Å². The van der Waals surface area contributed by atoms with Crippen molar-refractivity contribution in [3.8, 4) is 0 Å². The molecule has 5 unspecified atom stereocenters. The Morgan fingerprint density at radius 3 is 1.82 bits per heavy atom. The van der Waals surface area contributed by atoms with E-state index >= 15 is 0 Å². The molecule has 0 aromatic heterocycles. The lowest BCUT2D eigenvalue weighted by Crippen LogP contribution is -2.41. The SMILES string of the molecule is CCCCCCC(Cl)C(Cl)C(OS(=O)(=O)O)C(Cl)CC(Cl)CCCCCCCCC(Cl)(Cl)COS(=O)(=O)O. The van der Waals surface area contributed by atoms with Crippen LogP contribution in [0, 0.1) is 0 Å². The summed E-state index contributed by atoms with van der Waals surface area (Å²) in [6.45, 7) is 1.56. The van der Waals surface area contributed by atoms with Crippen LogP contribution in [0.4, 0.5) is 0 Å². The molecule has 230 valence electrons. The third-order valence-corrected chi connectivity index (χ3v) is 9.26. The normalized spacial score (nSPS) is 17.2. The van der Waals surface area contributed by atoms with Crippen molar-refractivity contribution in [2.45, 2.75) is 129 Å². The van der Waals surface area contributed by atoms with Gasteiger partial charge in [-0.15, -0.1) is 46.4 Å².